The van der Waals surface area contributed by atoms with Crippen LogP contribution in [0.2, 0.25) is 0 Å². The largest absolute Gasteiger partial charge is 0.393 e. The number of anilines is 2. The Morgan fingerprint density at radius 2 is 1.97 bits per heavy atom. The molecule has 164 valence electrons. The highest BCUT2D eigenvalue weighted by molar-refractivity contribution is 5.78. The Bertz CT molecular complexity index is 1210. The van der Waals surface area contributed by atoms with Crippen LogP contribution in [0.3, 0.4) is 0 Å². The molecule has 1 saturated carbocycles. The molecule has 1 aliphatic carbocycles. The first kappa shape index (κ1) is 20.5. The van der Waals surface area contributed by atoms with Crippen molar-refractivity contribution >= 4 is 17.0 Å². The Kier molecular flexibility index (Phi) is 5.74. The highest BCUT2D eigenvalue weighted by atomic mass is 19.1. The van der Waals surface area contributed by atoms with E-state index in [4.69, 9.17) is 4.98 Å². The molecule has 0 atom stereocenters. The Labute approximate surface area is 184 Å². The van der Waals surface area contributed by atoms with E-state index in [1.165, 1.54) is 12.4 Å². The summed E-state index contributed by atoms with van der Waals surface area (Å²) in [4.78, 5) is 12.9. The predicted octanol–water partition coefficient (Wildman–Crippen LogP) is 3.46. The van der Waals surface area contributed by atoms with E-state index in [0.29, 0.717) is 29.9 Å². The summed E-state index contributed by atoms with van der Waals surface area (Å²) in [5.74, 6) is 0.466. The number of aliphatic hydroxyl groups excluding tert-OH is 1. The van der Waals surface area contributed by atoms with E-state index in [9.17, 15) is 9.50 Å². The van der Waals surface area contributed by atoms with Gasteiger partial charge in [0.2, 0.25) is 5.82 Å². The molecule has 0 bridgehead atoms. The minimum absolute atomic E-state index is 0.187. The van der Waals surface area contributed by atoms with Crippen LogP contribution in [0.1, 0.15) is 31.2 Å². The molecule has 0 spiro atoms. The maximum Gasteiger partial charge on any atom is 0.200 e. The number of aromatic nitrogens is 5. The summed E-state index contributed by atoms with van der Waals surface area (Å²) in [6.45, 7) is 0.622. The molecule has 0 amide bonds. The van der Waals surface area contributed by atoms with Crippen molar-refractivity contribution in [2.75, 3.05) is 5.32 Å². The van der Waals surface area contributed by atoms with E-state index in [2.05, 4.69) is 25.7 Å². The van der Waals surface area contributed by atoms with Gasteiger partial charge in [-0.05, 0) is 55.5 Å². The molecule has 4 aromatic rings. The molecular weight excluding hydrogens is 409 g/mol. The fourth-order valence-corrected chi connectivity index (χ4v) is 4.06. The van der Waals surface area contributed by atoms with Crippen LogP contribution in [0, 0.1) is 5.82 Å². The second-order valence-corrected chi connectivity index (χ2v) is 8.00. The monoisotopic (exact) mass is 433 g/mol. The topological polar surface area (TPSA) is 100 Å². The summed E-state index contributed by atoms with van der Waals surface area (Å²) in [5.41, 5.74) is 2.68. The molecule has 4 aromatic heterocycles. The van der Waals surface area contributed by atoms with Gasteiger partial charge < -0.3 is 15.7 Å². The zero-order chi connectivity index (χ0) is 21.9. The standard InChI is InChI=1S/C23H24FN7O/c24-18-14-25-11-8-19(18)28-23-21-15(13-27-16-4-6-17(32)7-5-16)9-12-31(21)30-22(29-23)20-3-1-2-10-26-20/h1-3,8-12,14,16-17,27,32H,4-7,13H2,(H,25,28,29,30)/t16-,17-. The average molecular weight is 433 g/mol. The molecule has 3 N–H and O–H groups in total. The van der Waals surface area contributed by atoms with E-state index in [1.54, 1.807) is 16.8 Å². The van der Waals surface area contributed by atoms with Crippen molar-refractivity contribution in [1.82, 2.24) is 29.9 Å². The first-order valence-corrected chi connectivity index (χ1v) is 10.7. The van der Waals surface area contributed by atoms with Gasteiger partial charge in [-0.2, -0.15) is 0 Å². The number of hydrogen-bond acceptors (Lipinski definition) is 7. The third kappa shape index (κ3) is 4.30. The van der Waals surface area contributed by atoms with E-state index in [-0.39, 0.29) is 11.8 Å². The minimum atomic E-state index is -0.462. The molecule has 0 radical (unpaired) electrons. The molecular formula is C23H24FN7O. The van der Waals surface area contributed by atoms with E-state index in [1.807, 2.05) is 30.5 Å². The van der Waals surface area contributed by atoms with Crippen LogP contribution in [0.15, 0.2) is 55.1 Å². The molecule has 0 aromatic carbocycles. The maximum atomic E-state index is 14.3. The zero-order valence-corrected chi connectivity index (χ0v) is 17.4. The molecule has 9 heteroatoms. The molecule has 1 fully saturated rings. The van der Waals surface area contributed by atoms with E-state index in [0.717, 1.165) is 36.8 Å². The Hall–Kier alpha value is -3.43. The van der Waals surface area contributed by atoms with Crippen molar-refractivity contribution in [1.29, 1.82) is 0 Å². The number of nitrogens with zero attached hydrogens (tertiary/aromatic N) is 5. The number of halogens is 1. The van der Waals surface area contributed by atoms with Gasteiger partial charge in [-0.15, -0.1) is 5.10 Å². The third-order valence-corrected chi connectivity index (χ3v) is 5.79. The number of rotatable bonds is 6. The highest BCUT2D eigenvalue weighted by Gasteiger charge is 2.20. The van der Waals surface area contributed by atoms with Crippen LogP contribution in [-0.4, -0.2) is 41.8 Å². The highest BCUT2D eigenvalue weighted by Crippen LogP contribution is 2.27. The van der Waals surface area contributed by atoms with Gasteiger partial charge in [-0.3, -0.25) is 9.97 Å². The van der Waals surface area contributed by atoms with Crippen LogP contribution >= 0.6 is 0 Å². The third-order valence-electron chi connectivity index (χ3n) is 5.79. The van der Waals surface area contributed by atoms with Crippen molar-refractivity contribution in [2.45, 2.75) is 44.4 Å². The summed E-state index contributed by atoms with van der Waals surface area (Å²) in [7, 11) is 0. The number of nitrogens with one attached hydrogen (secondary N) is 2. The van der Waals surface area contributed by atoms with Crippen LogP contribution in [0.4, 0.5) is 15.9 Å². The summed E-state index contributed by atoms with van der Waals surface area (Å²) in [5, 5.41) is 21.1. The van der Waals surface area contributed by atoms with Crippen molar-refractivity contribution in [3.05, 3.63) is 66.5 Å². The molecule has 0 saturated heterocycles. The summed E-state index contributed by atoms with van der Waals surface area (Å²) in [6, 6.07) is 9.46. The Morgan fingerprint density at radius 1 is 1.09 bits per heavy atom. The quantitative estimate of drug-likeness (QED) is 0.428. The van der Waals surface area contributed by atoms with Crippen molar-refractivity contribution in [3.63, 3.8) is 0 Å². The van der Waals surface area contributed by atoms with E-state index >= 15 is 0 Å². The molecule has 8 nitrogen and oxygen atoms in total. The normalized spacial score (nSPS) is 18.7. The van der Waals surface area contributed by atoms with Gasteiger partial charge in [0.1, 0.15) is 11.2 Å². The summed E-state index contributed by atoms with van der Waals surface area (Å²) in [6.07, 6.45) is 9.59. The summed E-state index contributed by atoms with van der Waals surface area (Å²) < 4.78 is 16.1. The first-order chi connectivity index (χ1) is 15.7. The number of fused-ring (bicyclic) bond motifs is 1. The second kappa shape index (κ2) is 8.97. The molecule has 4 heterocycles. The molecule has 0 aliphatic heterocycles. The zero-order valence-electron chi connectivity index (χ0n) is 17.4. The lowest BCUT2D eigenvalue weighted by Crippen LogP contribution is -2.34. The van der Waals surface area contributed by atoms with Gasteiger partial charge in [0, 0.05) is 31.2 Å². The average Bonchev–Trinajstić information content (AvgIpc) is 3.24. The molecule has 32 heavy (non-hydrogen) atoms. The van der Waals surface area contributed by atoms with Crippen molar-refractivity contribution in [3.8, 4) is 11.5 Å². The predicted molar refractivity (Wildman–Crippen MR) is 119 cm³/mol. The van der Waals surface area contributed by atoms with Gasteiger partial charge in [0.05, 0.1) is 18.0 Å². The van der Waals surface area contributed by atoms with Gasteiger partial charge in [0.25, 0.3) is 0 Å². The van der Waals surface area contributed by atoms with Gasteiger partial charge in [-0.25, -0.2) is 13.9 Å². The SMILES string of the molecule is O[C@H]1CC[C@H](NCc2ccn3nc(-c4ccccn4)nc(Nc4ccncc4F)c23)CC1. The fourth-order valence-electron chi connectivity index (χ4n) is 4.06. The summed E-state index contributed by atoms with van der Waals surface area (Å²) >= 11 is 0. The van der Waals surface area contributed by atoms with Gasteiger partial charge >= 0.3 is 0 Å². The second-order valence-electron chi connectivity index (χ2n) is 8.00. The van der Waals surface area contributed by atoms with E-state index < -0.39 is 5.82 Å². The lowest BCUT2D eigenvalue weighted by molar-refractivity contribution is 0.116. The maximum absolute atomic E-state index is 14.3. The van der Waals surface area contributed by atoms with Crippen LogP contribution in [0.5, 0.6) is 0 Å². The lowest BCUT2D eigenvalue weighted by Gasteiger charge is -2.26. The van der Waals surface area contributed by atoms with Gasteiger partial charge in [-0.1, -0.05) is 6.07 Å². The Morgan fingerprint density at radius 3 is 2.75 bits per heavy atom. The first-order valence-electron chi connectivity index (χ1n) is 10.7. The number of aliphatic hydroxyl groups is 1. The number of hydrogen-bond donors (Lipinski definition) is 3. The minimum Gasteiger partial charge on any atom is -0.393 e. The van der Waals surface area contributed by atoms with Crippen LogP contribution < -0.4 is 10.6 Å². The number of pyridine rings is 2. The van der Waals surface area contributed by atoms with Crippen molar-refractivity contribution < 1.29 is 9.50 Å². The van der Waals surface area contributed by atoms with Gasteiger partial charge in [0.15, 0.2) is 11.6 Å². The molecule has 1 aliphatic rings. The van der Waals surface area contributed by atoms with Crippen LogP contribution in [0.25, 0.3) is 17.0 Å². The smallest absolute Gasteiger partial charge is 0.200 e. The fraction of sp³-hybridized carbons (Fsp3) is 0.304. The Balaban J connectivity index is 1.50. The lowest BCUT2D eigenvalue weighted by atomic mass is 9.93. The molecule has 5 rings (SSSR count). The molecule has 0 unspecified atom stereocenters. The van der Waals surface area contributed by atoms with Crippen LogP contribution in [-0.2, 0) is 6.54 Å². The van der Waals surface area contributed by atoms with Crippen molar-refractivity contribution in [2.24, 2.45) is 0 Å².